The van der Waals surface area contributed by atoms with E-state index in [2.05, 4.69) is 26.6 Å². The Balaban J connectivity index is 0.000000156. The highest BCUT2D eigenvalue weighted by molar-refractivity contribution is 9.10. The quantitative estimate of drug-likeness (QED) is 0.0878. The molecule has 5 aromatic carbocycles. The molecule has 12 nitrogen and oxygen atoms in total. The third-order valence-corrected chi connectivity index (χ3v) is 17.7. The highest BCUT2D eigenvalue weighted by atomic mass is 79.9. The number of carbonyl (C=O) groups is 6. The summed E-state index contributed by atoms with van der Waals surface area (Å²) in [5, 5.41) is 14.1. The molecule has 446 valence electrons. The van der Waals surface area contributed by atoms with E-state index in [-0.39, 0.29) is 51.3 Å². The highest BCUT2D eigenvalue weighted by Gasteiger charge is 2.48. The second kappa shape index (κ2) is 27.2. The smallest absolute Gasteiger partial charge is 0.417 e. The number of carboxylic acids is 1. The Morgan fingerprint density at radius 3 is 1.21 bits per heavy atom. The van der Waals surface area contributed by atoms with E-state index in [1.54, 1.807) is 9.80 Å². The number of nitrogens with zero attached hydrogens (tertiary/aromatic N) is 3. The van der Waals surface area contributed by atoms with Gasteiger partial charge < -0.3 is 30.4 Å². The molecule has 3 aliphatic carbocycles. The summed E-state index contributed by atoms with van der Waals surface area (Å²) in [6, 6.07) is 36.0. The molecule has 3 saturated heterocycles. The Bertz CT molecular complexity index is 3160. The maximum atomic E-state index is 13.3. The van der Waals surface area contributed by atoms with Gasteiger partial charge in [0.25, 0.3) is 0 Å². The molecule has 3 fully saturated rings. The molecule has 9 atom stereocenters. The van der Waals surface area contributed by atoms with Gasteiger partial charge in [-0.25, -0.2) is 0 Å². The number of amides is 5. The molecule has 11 rings (SSSR count). The van der Waals surface area contributed by atoms with Gasteiger partial charge in [-0.15, -0.1) is 0 Å². The minimum absolute atomic E-state index is 0.00206. The monoisotopic (exact) mass is 1250 g/mol. The first-order valence-electron chi connectivity index (χ1n) is 28.2. The van der Waals surface area contributed by atoms with Crippen molar-refractivity contribution in [2.45, 2.75) is 70.5 Å². The Morgan fingerprint density at radius 2 is 0.847 bits per heavy atom. The summed E-state index contributed by atoms with van der Waals surface area (Å²) in [7, 11) is 0. The summed E-state index contributed by atoms with van der Waals surface area (Å²) in [6.45, 7) is 3.41. The fraction of sp³-hybridized carbons (Fsp3) is 0.354. The molecule has 3 heterocycles. The largest absolute Gasteiger partial charge is 0.481 e. The van der Waals surface area contributed by atoms with E-state index >= 15 is 0 Å². The first-order chi connectivity index (χ1) is 40.6. The molecule has 85 heavy (non-hydrogen) atoms. The third-order valence-electron chi connectivity index (χ3n) is 16.7. The number of carboxylic acid groups (broad SMARTS) is 1. The number of allylic oxidation sites excluding steroid dienone is 6. The molecule has 6 aliphatic rings. The first-order valence-corrected chi connectivity index (χ1v) is 29.4. The summed E-state index contributed by atoms with van der Waals surface area (Å²) >= 11 is 8.57. The number of fused-ring (bicyclic) bond motifs is 3. The summed E-state index contributed by atoms with van der Waals surface area (Å²) < 4.78 is 79.0. The van der Waals surface area contributed by atoms with Gasteiger partial charge in [0.05, 0.1) is 51.7 Å². The van der Waals surface area contributed by atoms with E-state index < -0.39 is 81.8 Å². The SMILES string of the molecule is O=C(Nc1ccc(Br)c(C(F)(F)F)c1)[C@H]1CC=C[C@H]2CCN(Cc3ccccc3)C(=O)[C@@H]12.O=C(Nc1ccc(Cl)c(C(F)(F)F)c1)[C@@H]1CC=C[C@H]2CCN(Cc3ccccc3)C(=O)[C@H]21.O=C(O)[C@@H]1CC=C[C@H]2CCN(Cc3ccccc3)C(=O)[C@H]21. The van der Waals surface area contributed by atoms with Crippen molar-refractivity contribution in [1.29, 1.82) is 0 Å². The van der Waals surface area contributed by atoms with Crippen LogP contribution < -0.4 is 10.6 Å². The van der Waals surface area contributed by atoms with Crippen LogP contribution in [-0.2, 0) is 60.8 Å². The van der Waals surface area contributed by atoms with Crippen molar-refractivity contribution < 1.29 is 60.2 Å². The number of aliphatic carboxylic acids is 1. The Kier molecular flexibility index (Phi) is 19.9. The molecule has 5 amide bonds. The van der Waals surface area contributed by atoms with E-state index in [1.165, 1.54) is 18.2 Å². The zero-order valence-electron chi connectivity index (χ0n) is 46.0. The van der Waals surface area contributed by atoms with Crippen LogP contribution in [0.4, 0.5) is 37.7 Å². The summed E-state index contributed by atoms with van der Waals surface area (Å²) in [4.78, 5) is 82.2. The minimum atomic E-state index is -4.63. The Labute approximate surface area is 502 Å². The standard InChI is InChI=1S/C24H22BrF3N2O2.C24H22ClF3N2O2.C17H19NO3/c2*25-20-10-9-17(13-19(20)24(26,27)28)29-22(31)18-8-4-7-16-11-12-30(23(32)21(16)18)14-15-5-2-1-3-6-15;19-16-15-13(7-4-8-14(15)17(20)21)9-10-18(16)11-12-5-2-1-3-6-12/h2*1-7,9-10,13,16,18,21H,8,11-12,14H2,(H,29,31);1-7,13-15H,8-11H2,(H,20,21)/t16-,18-,21+;16-,18+,21+;13-,14+,15+/m000/s1. The van der Waals surface area contributed by atoms with Gasteiger partial charge in [-0.3, -0.25) is 28.8 Å². The number of nitrogens with one attached hydrogen (secondary N) is 2. The topological polar surface area (TPSA) is 156 Å². The molecule has 0 bridgehead atoms. The summed E-state index contributed by atoms with van der Waals surface area (Å²) in [5.41, 5.74) is 1.29. The van der Waals surface area contributed by atoms with Gasteiger partial charge in [0, 0.05) is 55.1 Å². The molecule has 20 heteroatoms. The molecule has 3 aliphatic heterocycles. The lowest BCUT2D eigenvalue weighted by Gasteiger charge is -2.41. The number of halogens is 8. The average molecular weight is 1260 g/mol. The zero-order chi connectivity index (χ0) is 60.6. The van der Waals surface area contributed by atoms with Crippen molar-refractivity contribution in [3.8, 4) is 0 Å². The molecule has 5 aromatic rings. The number of anilines is 2. The molecule has 0 aromatic heterocycles. The van der Waals surface area contributed by atoms with Gasteiger partial charge in [0.15, 0.2) is 0 Å². The van der Waals surface area contributed by atoms with Crippen LogP contribution in [0.2, 0.25) is 5.02 Å². The van der Waals surface area contributed by atoms with E-state index in [0.717, 1.165) is 54.2 Å². The van der Waals surface area contributed by atoms with E-state index in [9.17, 15) is 60.2 Å². The van der Waals surface area contributed by atoms with E-state index in [0.29, 0.717) is 58.5 Å². The predicted octanol–water partition coefficient (Wildman–Crippen LogP) is 13.5. The number of piperidine rings is 3. The van der Waals surface area contributed by atoms with Crippen LogP contribution in [0, 0.1) is 53.3 Å². The van der Waals surface area contributed by atoms with Gasteiger partial charge in [-0.2, -0.15) is 26.3 Å². The fourth-order valence-corrected chi connectivity index (χ4v) is 13.1. The second-order valence-corrected chi connectivity index (χ2v) is 23.4. The molecule has 0 unspecified atom stereocenters. The first kappa shape index (κ1) is 62.0. The maximum absolute atomic E-state index is 13.3. The molecular weight excluding hydrogens is 1190 g/mol. The molecule has 0 radical (unpaired) electrons. The van der Waals surface area contributed by atoms with Crippen molar-refractivity contribution in [3.05, 3.63) is 201 Å². The van der Waals surface area contributed by atoms with Gasteiger partial charge in [-0.05, 0) is 109 Å². The van der Waals surface area contributed by atoms with Crippen LogP contribution in [0.25, 0.3) is 0 Å². The van der Waals surface area contributed by atoms with Crippen LogP contribution in [-0.4, -0.2) is 74.9 Å². The number of hydrogen-bond donors (Lipinski definition) is 3. The lowest BCUT2D eigenvalue weighted by Crippen LogP contribution is -2.50. The van der Waals surface area contributed by atoms with E-state index in [1.807, 2.05) is 132 Å². The lowest BCUT2D eigenvalue weighted by atomic mass is 9.71. The minimum Gasteiger partial charge on any atom is -0.481 e. The highest BCUT2D eigenvalue weighted by Crippen LogP contribution is 2.43. The Hall–Kier alpha value is -7.51. The van der Waals surface area contributed by atoms with Crippen LogP contribution in [0.5, 0.6) is 0 Å². The summed E-state index contributed by atoms with van der Waals surface area (Å²) in [5.74, 6) is -5.28. The summed E-state index contributed by atoms with van der Waals surface area (Å²) in [6.07, 6.45) is 6.06. The predicted molar refractivity (Wildman–Crippen MR) is 313 cm³/mol. The number of rotatable bonds is 11. The fourth-order valence-electron chi connectivity index (χ4n) is 12.5. The van der Waals surface area contributed by atoms with E-state index in [4.69, 9.17) is 11.6 Å². The Morgan fingerprint density at radius 1 is 0.506 bits per heavy atom. The van der Waals surface area contributed by atoms with Crippen molar-refractivity contribution >= 4 is 74.4 Å². The van der Waals surface area contributed by atoms with Gasteiger partial charge in [0.1, 0.15) is 0 Å². The number of carbonyl (C=O) groups excluding carboxylic acids is 5. The lowest BCUT2D eigenvalue weighted by molar-refractivity contribution is -0.155. The van der Waals surface area contributed by atoms with Crippen LogP contribution >= 0.6 is 27.5 Å². The number of likely N-dealkylation sites (tertiary alicyclic amines) is 3. The third kappa shape index (κ3) is 15.1. The van der Waals surface area contributed by atoms with Crippen LogP contribution in [0.15, 0.2) is 168 Å². The van der Waals surface area contributed by atoms with Gasteiger partial charge in [0.2, 0.25) is 29.5 Å². The number of hydrogen-bond acceptors (Lipinski definition) is 6. The molecule has 3 N–H and O–H groups in total. The van der Waals surface area contributed by atoms with Crippen molar-refractivity contribution in [3.63, 3.8) is 0 Å². The molecule has 0 spiro atoms. The van der Waals surface area contributed by atoms with Crippen molar-refractivity contribution in [1.82, 2.24) is 14.7 Å². The normalized spacial score (nSPS) is 24.4. The zero-order valence-corrected chi connectivity index (χ0v) is 48.4. The van der Waals surface area contributed by atoms with Gasteiger partial charge >= 0.3 is 18.3 Å². The average Bonchev–Trinajstić information content (AvgIpc) is 3.49. The van der Waals surface area contributed by atoms with Gasteiger partial charge in [-0.1, -0.05) is 155 Å². The van der Waals surface area contributed by atoms with Crippen molar-refractivity contribution in [2.24, 2.45) is 53.3 Å². The second-order valence-electron chi connectivity index (χ2n) is 22.2. The van der Waals surface area contributed by atoms with Crippen molar-refractivity contribution in [2.75, 3.05) is 30.3 Å². The number of alkyl halides is 6. The van der Waals surface area contributed by atoms with Crippen LogP contribution in [0.3, 0.4) is 0 Å². The molecular formula is C65H63BrClF6N5O7. The maximum Gasteiger partial charge on any atom is 0.417 e. The number of benzene rings is 5. The van der Waals surface area contributed by atoms with Crippen LogP contribution in [0.1, 0.15) is 66.3 Å². The molecule has 0 saturated carbocycles.